The van der Waals surface area contributed by atoms with Crippen LogP contribution in [-0.4, -0.2) is 103 Å². The lowest BCUT2D eigenvalue weighted by molar-refractivity contribution is -0.198. The number of imidazole rings is 1. The third kappa shape index (κ3) is 9.55. The zero-order valence-corrected chi connectivity index (χ0v) is 32.3. The Balaban J connectivity index is 1.13. The van der Waals surface area contributed by atoms with Gasteiger partial charge in [0.1, 0.15) is 6.61 Å². The van der Waals surface area contributed by atoms with Crippen molar-refractivity contribution in [2.24, 2.45) is 7.05 Å². The van der Waals surface area contributed by atoms with Gasteiger partial charge in [-0.25, -0.2) is 19.5 Å². The van der Waals surface area contributed by atoms with Gasteiger partial charge in [0.05, 0.1) is 43.7 Å². The number of fused-ring (bicyclic) bond motifs is 2. The highest BCUT2D eigenvalue weighted by Crippen LogP contribution is 2.42. The normalized spacial score (nSPS) is 19.0. The van der Waals surface area contributed by atoms with Gasteiger partial charge in [0.25, 0.3) is 11.8 Å². The molecule has 0 aliphatic carbocycles. The van der Waals surface area contributed by atoms with E-state index in [1.165, 1.54) is 48.1 Å². The Morgan fingerprint density at radius 3 is 2.53 bits per heavy atom. The number of hydrogen-bond acceptors (Lipinski definition) is 12. The second-order valence-corrected chi connectivity index (χ2v) is 13.7. The molecule has 0 saturated carbocycles. The van der Waals surface area contributed by atoms with Gasteiger partial charge in [-0.2, -0.15) is 0 Å². The number of hydrogen-bond donors (Lipinski definition) is 2. The van der Waals surface area contributed by atoms with Crippen molar-refractivity contribution in [2.75, 3.05) is 56.1 Å². The fourth-order valence-electron chi connectivity index (χ4n) is 7.04. The van der Waals surface area contributed by atoms with Crippen LogP contribution < -0.4 is 25.0 Å². The molecule has 57 heavy (non-hydrogen) atoms. The maximum absolute atomic E-state index is 14.2. The number of esters is 1. The number of amides is 4. The van der Waals surface area contributed by atoms with Gasteiger partial charge < -0.3 is 48.5 Å². The van der Waals surface area contributed by atoms with Gasteiger partial charge in [0, 0.05) is 44.6 Å². The maximum atomic E-state index is 14.2. The summed E-state index contributed by atoms with van der Waals surface area (Å²) in [6.07, 6.45) is 5.87. The summed E-state index contributed by atoms with van der Waals surface area (Å²) in [6, 6.07) is 8.86. The maximum Gasteiger partial charge on any atom is 0.416 e. The Morgan fingerprint density at radius 2 is 1.81 bits per heavy atom. The lowest BCUT2D eigenvalue weighted by Crippen LogP contribution is -2.57. The van der Waals surface area contributed by atoms with Gasteiger partial charge in [0.15, 0.2) is 29.8 Å². The number of anilines is 3. The Hall–Kier alpha value is -5.94. The number of methoxy groups -OCH3 is 2. The first kappa shape index (κ1) is 40.7. The van der Waals surface area contributed by atoms with Crippen molar-refractivity contribution in [1.82, 2.24) is 14.5 Å². The van der Waals surface area contributed by atoms with Crippen molar-refractivity contribution in [1.29, 1.82) is 0 Å². The van der Waals surface area contributed by atoms with Gasteiger partial charge in [-0.05, 0) is 75.3 Å². The van der Waals surface area contributed by atoms with Crippen LogP contribution in [0.15, 0.2) is 55.3 Å². The van der Waals surface area contributed by atoms with E-state index < -0.39 is 36.5 Å². The molecule has 1 aromatic heterocycles. The zero-order valence-electron chi connectivity index (χ0n) is 32.3. The first-order valence-electron chi connectivity index (χ1n) is 18.9. The molecular formula is C40H48N6O11. The Labute approximate surface area is 330 Å². The minimum Gasteiger partial charge on any atom is -0.493 e. The van der Waals surface area contributed by atoms with Crippen LogP contribution in [0.25, 0.3) is 0 Å². The van der Waals surface area contributed by atoms with E-state index in [2.05, 4.69) is 22.2 Å². The summed E-state index contributed by atoms with van der Waals surface area (Å²) >= 11 is 0. The minimum atomic E-state index is -0.904. The number of carbonyl (C=O) groups is 5. The second kappa shape index (κ2) is 18.8. The molecule has 0 radical (unpaired) electrons. The predicted octanol–water partition coefficient (Wildman–Crippen LogP) is 5.27. The van der Waals surface area contributed by atoms with E-state index in [1.54, 1.807) is 36.2 Å². The summed E-state index contributed by atoms with van der Waals surface area (Å²) in [5.41, 5.74) is 1.25. The second-order valence-electron chi connectivity index (χ2n) is 13.7. The Kier molecular flexibility index (Phi) is 13.4. The average Bonchev–Trinajstić information content (AvgIpc) is 3.56. The van der Waals surface area contributed by atoms with Crippen LogP contribution in [-0.2, 0) is 30.8 Å². The summed E-state index contributed by atoms with van der Waals surface area (Å²) in [6.45, 7) is 4.72. The third-order valence-corrected chi connectivity index (χ3v) is 9.83. The molecular weight excluding hydrogens is 740 g/mol. The fourth-order valence-corrected chi connectivity index (χ4v) is 7.04. The summed E-state index contributed by atoms with van der Waals surface area (Å²) < 4.78 is 36.0. The number of piperidine rings is 1. The van der Waals surface area contributed by atoms with E-state index in [0.717, 1.165) is 25.7 Å². The molecule has 4 amide bonds. The molecule has 1 unspecified atom stereocenters. The monoisotopic (exact) mass is 788 g/mol. The van der Waals surface area contributed by atoms with E-state index in [0.29, 0.717) is 37.2 Å². The number of rotatable bonds is 14. The highest BCUT2D eigenvalue weighted by molar-refractivity contribution is 6.06. The van der Waals surface area contributed by atoms with Gasteiger partial charge >= 0.3 is 12.1 Å². The number of aromatic nitrogens is 2. The van der Waals surface area contributed by atoms with Crippen molar-refractivity contribution < 1.29 is 52.4 Å². The van der Waals surface area contributed by atoms with Crippen LogP contribution in [0.2, 0.25) is 0 Å². The molecule has 3 aromatic rings. The zero-order chi connectivity index (χ0) is 40.5. The molecule has 0 bridgehead atoms. The van der Waals surface area contributed by atoms with Crippen LogP contribution in [0.5, 0.6) is 11.5 Å². The van der Waals surface area contributed by atoms with E-state index >= 15 is 0 Å². The number of aryl methyl sites for hydroxylation is 1. The van der Waals surface area contributed by atoms with Crippen LogP contribution in [0.1, 0.15) is 82.7 Å². The summed E-state index contributed by atoms with van der Waals surface area (Å²) in [4.78, 5) is 73.0. The molecule has 0 spiro atoms. The molecule has 17 nitrogen and oxygen atoms in total. The summed E-state index contributed by atoms with van der Waals surface area (Å²) in [5, 5.41) is 5.42. The summed E-state index contributed by atoms with van der Waals surface area (Å²) in [7, 11) is 4.36. The predicted molar refractivity (Wildman–Crippen MR) is 206 cm³/mol. The van der Waals surface area contributed by atoms with Crippen molar-refractivity contribution in [3.8, 4) is 11.5 Å². The van der Waals surface area contributed by atoms with Crippen molar-refractivity contribution in [2.45, 2.75) is 69.9 Å². The van der Waals surface area contributed by atoms with Gasteiger partial charge in [0.2, 0.25) is 11.7 Å². The first-order valence-corrected chi connectivity index (χ1v) is 18.9. The molecule has 17 heteroatoms. The number of nitrogens with one attached hydrogen (secondary N) is 2. The molecule has 2 fully saturated rings. The molecule has 2 N–H and O–H groups in total. The Morgan fingerprint density at radius 1 is 1.02 bits per heavy atom. The molecule has 3 aliphatic rings. The van der Waals surface area contributed by atoms with Crippen molar-refractivity contribution >= 4 is 47.0 Å². The number of ether oxygens (including phenoxy) is 6. The average molecular weight is 789 g/mol. The van der Waals surface area contributed by atoms with Crippen LogP contribution in [0.3, 0.4) is 0 Å². The first-order chi connectivity index (χ1) is 27.6. The molecule has 3 atom stereocenters. The smallest absolute Gasteiger partial charge is 0.416 e. The van der Waals surface area contributed by atoms with E-state index in [4.69, 9.17) is 28.4 Å². The van der Waals surface area contributed by atoms with E-state index in [9.17, 15) is 24.0 Å². The Bertz CT molecular complexity index is 1960. The molecule has 3 aliphatic heterocycles. The van der Waals surface area contributed by atoms with Crippen LogP contribution in [0.4, 0.5) is 22.0 Å². The quantitative estimate of drug-likeness (QED) is 0.123. The lowest BCUT2D eigenvalue weighted by Gasteiger charge is -2.42. The van der Waals surface area contributed by atoms with Crippen molar-refractivity contribution in [3.63, 3.8) is 0 Å². The molecule has 304 valence electrons. The highest BCUT2D eigenvalue weighted by atomic mass is 16.7. The van der Waals surface area contributed by atoms with Gasteiger partial charge in [-0.3, -0.25) is 14.4 Å². The topological polar surface area (TPSA) is 189 Å². The van der Waals surface area contributed by atoms with Gasteiger partial charge in [-0.1, -0.05) is 12.7 Å². The minimum absolute atomic E-state index is 0.0460. The van der Waals surface area contributed by atoms with Gasteiger partial charge in [-0.15, -0.1) is 0 Å². The van der Waals surface area contributed by atoms with Crippen LogP contribution in [0, 0.1) is 0 Å². The summed E-state index contributed by atoms with van der Waals surface area (Å²) in [5.74, 6) is -0.884. The number of benzene rings is 2. The van der Waals surface area contributed by atoms with Crippen LogP contribution >= 0.6 is 0 Å². The number of carbonyl (C=O) groups excluding carboxylic acids is 5. The highest BCUT2D eigenvalue weighted by Gasteiger charge is 2.47. The van der Waals surface area contributed by atoms with E-state index in [1.807, 2.05) is 0 Å². The molecule has 4 heterocycles. The standard InChI is InChI=1S/C40H48N6O11/c1-5-19-56-40(51)46-29-23-31(30(52-3)22-27(29)37(49)45-18-8-6-11-28(45)38(46)57-34-13-7-9-20-55-34)54-21-10-12-33(47)42-32-24-44(2)35(43-32)36(48)41-26-16-14-25(15-17-26)39(50)53-4/h5,14-17,22-24,28,34,38H,1,6-13,18-21H2,2-4H3,(H,41,48)(H,42,47)/t28-,34?,38-/m0/s1. The van der Waals surface area contributed by atoms with Crippen molar-refractivity contribution in [3.05, 3.63) is 72.2 Å². The lowest BCUT2D eigenvalue weighted by atomic mass is 10.00. The number of nitrogens with zero attached hydrogens (tertiary/aromatic N) is 4. The molecule has 2 saturated heterocycles. The largest absolute Gasteiger partial charge is 0.493 e. The SMILES string of the molecule is C=CCOC(=O)N1c2cc(OCCCC(=O)Nc3cn(C)c(C(=O)Nc4ccc(C(=O)OC)cc4)n3)c(OC)cc2C(=O)N2CCCC[C@H]2[C@@H]1OC1CCCCO1. The third-order valence-electron chi connectivity index (χ3n) is 9.83. The fraction of sp³-hybridized carbons (Fsp3) is 0.450. The van der Waals surface area contributed by atoms with E-state index in [-0.39, 0.29) is 72.3 Å². The molecule has 2 aromatic carbocycles. The molecule has 6 rings (SSSR count).